The van der Waals surface area contributed by atoms with Gasteiger partial charge in [-0.3, -0.25) is 19.3 Å². The number of hydrogen-bond donors (Lipinski definition) is 3. The number of amides is 2. The molecule has 0 bridgehead atoms. The van der Waals surface area contributed by atoms with E-state index in [1.807, 2.05) is 54.8 Å². The summed E-state index contributed by atoms with van der Waals surface area (Å²) in [6.45, 7) is 2.68. The zero-order valence-electron chi connectivity index (χ0n) is 23.0. The Hall–Kier alpha value is -3.70. The number of ether oxygens (including phenoxy) is 1. The normalized spacial score (nSPS) is 13.6. The highest BCUT2D eigenvalue weighted by molar-refractivity contribution is 7.19. The van der Waals surface area contributed by atoms with Crippen LogP contribution in [0, 0.1) is 6.92 Å². The number of aryl methyl sites for hydroxylation is 2. The van der Waals surface area contributed by atoms with Crippen molar-refractivity contribution in [2.24, 2.45) is 7.05 Å². The molecule has 9 nitrogen and oxygen atoms in total. The van der Waals surface area contributed by atoms with E-state index in [2.05, 4.69) is 10.6 Å². The van der Waals surface area contributed by atoms with Gasteiger partial charge in [-0.05, 0) is 54.9 Å². The van der Waals surface area contributed by atoms with Gasteiger partial charge in [-0.15, -0.1) is 11.3 Å². The van der Waals surface area contributed by atoms with Crippen LogP contribution in [0.5, 0.6) is 5.75 Å². The van der Waals surface area contributed by atoms with Gasteiger partial charge in [-0.2, -0.15) is 0 Å². The fourth-order valence-electron chi connectivity index (χ4n) is 5.09. The van der Waals surface area contributed by atoms with Crippen LogP contribution in [0.15, 0.2) is 53.5 Å². The van der Waals surface area contributed by atoms with Gasteiger partial charge in [0.2, 0.25) is 11.3 Å². The number of carbonyl (C=O) groups is 2. The zero-order valence-corrected chi connectivity index (χ0v) is 24.6. The number of likely N-dealkylation sites (N-methyl/N-ethyl adjacent to an activating group) is 1. The van der Waals surface area contributed by atoms with E-state index in [9.17, 15) is 19.5 Å². The maximum absolute atomic E-state index is 13.5. The third-order valence-corrected chi connectivity index (χ3v) is 8.80. The summed E-state index contributed by atoms with van der Waals surface area (Å²) in [5.41, 5.74) is 4.44. The molecule has 1 aliphatic heterocycles. The van der Waals surface area contributed by atoms with E-state index >= 15 is 0 Å². The molecule has 0 aliphatic carbocycles. The lowest BCUT2D eigenvalue weighted by atomic mass is 10.0. The first kappa shape index (κ1) is 28.8. The van der Waals surface area contributed by atoms with Gasteiger partial charge in [-0.1, -0.05) is 29.8 Å². The van der Waals surface area contributed by atoms with Crippen molar-refractivity contribution in [2.75, 3.05) is 25.6 Å². The van der Waals surface area contributed by atoms with Crippen molar-refractivity contribution in [3.8, 4) is 5.75 Å². The van der Waals surface area contributed by atoms with Gasteiger partial charge >= 0.3 is 0 Å². The van der Waals surface area contributed by atoms with Crippen molar-refractivity contribution >= 4 is 50.7 Å². The zero-order chi connectivity index (χ0) is 29.3. The van der Waals surface area contributed by atoms with Crippen LogP contribution in [-0.4, -0.2) is 46.6 Å². The van der Waals surface area contributed by atoms with Gasteiger partial charge in [0.15, 0.2) is 6.61 Å². The molecule has 4 aromatic rings. The number of nitrogens with zero attached hydrogens (tertiary/aromatic N) is 2. The number of aliphatic hydroxyl groups is 1. The Labute approximate surface area is 246 Å². The van der Waals surface area contributed by atoms with Crippen LogP contribution in [0.4, 0.5) is 5.69 Å². The molecule has 1 atom stereocenters. The highest BCUT2D eigenvalue weighted by Crippen LogP contribution is 2.34. The molecule has 0 saturated carbocycles. The molecule has 3 heterocycles. The summed E-state index contributed by atoms with van der Waals surface area (Å²) >= 11 is 7.34. The van der Waals surface area contributed by atoms with Gasteiger partial charge in [0.05, 0.1) is 35.0 Å². The van der Waals surface area contributed by atoms with E-state index in [1.165, 1.54) is 11.3 Å². The van der Waals surface area contributed by atoms with Crippen molar-refractivity contribution in [1.29, 1.82) is 0 Å². The SMILES string of the molecule is Cc1c(CN(C)C(CO)c2ccc3c(c2)NC(=O)CO3)sc2c(=O)c(CC(=O)NCc3ccc(Cl)cc3)cn(C)c12. The third-order valence-electron chi connectivity index (χ3n) is 7.29. The number of thiophene rings is 1. The lowest BCUT2D eigenvalue weighted by Gasteiger charge is -2.28. The number of rotatable bonds is 9. The van der Waals surface area contributed by atoms with Crippen LogP contribution in [0.2, 0.25) is 5.02 Å². The molecular weight excluding hydrogens is 564 g/mol. The standard InChI is InChI=1S/C30H31ClN4O5S/c1-17-25(14-34(2)23(15-36)19-6-9-24-22(10-19)33-27(38)16-40-24)41-30-28(17)35(3)13-20(29(30)39)11-26(37)32-12-18-4-7-21(31)8-5-18/h4-10,13,23,36H,11-12,14-16H2,1-3H3,(H,32,37)(H,33,38). The Kier molecular flexibility index (Phi) is 8.46. The molecule has 2 aromatic carbocycles. The smallest absolute Gasteiger partial charge is 0.262 e. The first-order chi connectivity index (χ1) is 19.6. The fraction of sp³-hybridized carbons (Fsp3) is 0.300. The second-order valence-electron chi connectivity index (χ2n) is 10.2. The average Bonchev–Trinajstić information content (AvgIpc) is 3.27. The lowest BCUT2D eigenvalue weighted by Crippen LogP contribution is -2.28. The largest absolute Gasteiger partial charge is 0.482 e. The number of pyridine rings is 1. The van der Waals surface area contributed by atoms with E-state index in [0.29, 0.717) is 39.8 Å². The Morgan fingerprint density at radius 3 is 2.73 bits per heavy atom. The second-order valence-corrected chi connectivity index (χ2v) is 11.7. The minimum absolute atomic E-state index is 0.0180. The fourth-order valence-corrected chi connectivity index (χ4v) is 6.60. The summed E-state index contributed by atoms with van der Waals surface area (Å²) in [6, 6.07) is 12.4. The number of halogens is 1. The molecule has 0 spiro atoms. The minimum atomic E-state index is -0.343. The molecule has 0 saturated heterocycles. The topological polar surface area (TPSA) is 113 Å². The van der Waals surface area contributed by atoms with Gasteiger partial charge in [0, 0.05) is 41.8 Å². The van der Waals surface area contributed by atoms with Crippen LogP contribution in [-0.2, 0) is 36.1 Å². The second kappa shape index (κ2) is 12.0. The lowest BCUT2D eigenvalue weighted by molar-refractivity contribution is -0.120. The van der Waals surface area contributed by atoms with Gasteiger partial charge in [0.1, 0.15) is 5.75 Å². The summed E-state index contributed by atoms with van der Waals surface area (Å²) in [6.07, 6.45) is 1.72. The van der Waals surface area contributed by atoms with Gasteiger partial charge < -0.3 is 25.0 Å². The monoisotopic (exact) mass is 594 g/mol. The predicted octanol–water partition coefficient (Wildman–Crippen LogP) is 3.92. The molecule has 2 aromatic heterocycles. The van der Waals surface area contributed by atoms with Crippen LogP contribution in [0.25, 0.3) is 10.2 Å². The minimum Gasteiger partial charge on any atom is -0.482 e. The average molecular weight is 595 g/mol. The van der Waals surface area contributed by atoms with Crippen molar-refractivity contribution in [2.45, 2.75) is 32.5 Å². The molecule has 214 valence electrons. The molecule has 5 rings (SSSR count). The van der Waals surface area contributed by atoms with Crippen molar-refractivity contribution in [1.82, 2.24) is 14.8 Å². The number of anilines is 1. The van der Waals surface area contributed by atoms with Crippen LogP contribution >= 0.6 is 22.9 Å². The van der Waals surface area contributed by atoms with Crippen LogP contribution in [0.3, 0.4) is 0 Å². The van der Waals surface area contributed by atoms with E-state index in [-0.39, 0.29) is 42.9 Å². The van der Waals surface area contributed by atoms with E-state index in [4.69, 9.17) is 16.3 Å². The molecule has 3 N–H and O–H groups in total. The molecule has 0 radical (unpaired) electrons. The maximum atomic E-state index is 13.5. The molecule has 11 heteroatoms. The summed E-state index contributed by atoms with van der Waals surface area (Å²) in [4.78, 5) is 40.9. The van der Waals surface area contributed by atoms with Crippen molar-refractivity contribution < 1.29 is 19.4 Å². The summed E-state index contributed by atoms with van der Waals surface area (Å²) < 4.78 is 7.96. The Balaban J connectivity index is 1.34. The van der Waals surface area contributed by atoms with Crippen LogP contribution < -0.4 is 20.8 Å². The quantitative estimate of drug-likeness (QED) is 0.271. The Morgan fingerprint density at radius 2 is 2.00 bits per heavy atom. The summed E-state index contributed by atoms with van der Waals surface area (Å²) in [5.74, 6) is 0.143. The van der Waals surface area contributed by atoms with Gasteiger partial charge in [0.25, 0.3) is 5.91 Å². The highest BCUT2D eigenvalue weighted by Gasteiger charge is 2.24. The Bertz CT molecular complexity index is 1680. The number of carbonyl (C=O) groups excluding carboxylic acids is 2. The number of hydrogen-bond acceptors (Lipinski definition) is 7. The van der Waals surface area contributed by atoms with Crippen molar-refractivity contribution in [3.05, 3.63) is 91.0 Å². The molecule has 1 unspecified atom stereocenters. The van der Waals surface area contributed by atoms with E-state index in [0.717, 1.165) is 27.1 Å². The van der Waals surface area contributed by atoms with E-state index < -0.39 is 0 Å². The maximum Gasteiger partial charge on any atom is 0.262 e. The molecule has 41 heavy (non-hydrogen) atoms. The third kappa shape index (κ3) is 6.15. The molecule has 1 aliphatic rings. The van der Waals surface area contributed by atoms with E-state index in [1.54, 1.807) is 24.4 Å². The molecule has 0 fully saturated rings. The molecule has 2 amide bonds. The van der Waals surface area contributed by atoms with Crippen molar-refractivity contribution in [3.63, 3.8) is 0 Å². The molecular formula is C30H31ClN4O5S. The number of aromatic nitrogens is 1. The highest BCUT2D eigenvalue weighted by atomic mass is 35.5. The number of benzene rings is 2. The summed E-state index contributed by atoms with van der Waals surface area (Å²) in [5, 5.41) is 16.6. The number of nitrogens with one attached hydrogen (secondary N) is 2. The first-order valence-electron chi connectivity index (χ1n) is 13.1. The van der Waals surface area contributed by atoms with Crippen LogP contribution in [0.1, 0.15) is 33.2 Å². The first-order valence-corrected chi connectivity index (χ1v) is 14.3. The number of fused-ring (bicyclic) bond motifs is 2. The van der Waals surface area contributed by atoms with Gasteiger partial charge in [-0.25, -0.2) is 0 Å². The number of aliphatic hydroxyl groups excluding tert-OH is 1. The predicted molar refractivity (Wildman–Crippen MR) is 161 cm³/mol. The Morgan fingerprint density at radius 1 is 1.24 bits per heavy atom. The summed E-state index contributed by atoms with van der Waals surface area (Å²) in [7, 11) is 3.79.